The SMILES string of the molecule is Cc1ccc(C2CCCCN2Cc2noc(CN)n2)cc1. The van der Waals surface area contributed by atoms with E-state index >= 15 is 0 Å². The summed E-state index contributed by atoms with van der Waals surface area (Å²) in [5.41, 5.74) is 8.19. The molecule has 5 heteroatoms. The first kappa shape index (κ1) is 14.2. The average molecular weight is 286 g/mol. The summed E-state index contributed by atoms with van der Waals surface area (Å²) in [6.07, 6.45) is 3.68. The number of benzene rings is 1. The molecule has 2 heterocycles. The predicted molar refractivity (Wildman–Crippen MR) is 80.4 cm³/mol. The number of hydrogen-bond donors (Lipinski definition) is 1. The van der Waals surface area contributed by atoms with Crippen LogP contribution < -0.4 is 5.73 Å². The highest BCUT2D eigenvalue weighted by Gasteiger charge is 2.25. The summed E-state index contributed by atoms with van der Waals surface area (Å²) >= 11 is 0. The third-order valence-electron chi connectivity index (χ3n) is 4.11. The van der Waals surface area contributed by atoms with Crippen molar-refractivity contribution in [3.05, 3.63) is 47.1 Å². The maximum atomic E-state index is 5.52. The van der Waals surface area contributed by atoms with Crippen LogP contribution in [0.5, 0.6) is 0 Å². The van der Waals surface area contributed by atoms with E-state index in [1.807, 2.05) is 0 Å². The van der Waals surface area contributed by atoms with Gasteiger partial charge in [0.25, 0.3) is 0 Å². The Hall–Kier alpha value is -1.72. The van der Waals surface area contributed by atoms with E-state index in [4.69, 9.17) is 10.3 Å². The number of aryl methyl sites for hydroxylation is 1. The second-order valence-electron chi connectivity index (χ2n) is 5.70. The molecular weight excluding hydrogens is 264 g/mol. The molecule has 0 aliphatic carbocycles. The second-order valence-corrected chi connectivity index (χ2v) is 5.70. The van der Waals surface area contributed by atoms with E-state index in [1.54, 1.807) is 0 Å². The molecule has 2 N–H and O–H groups in total. The molecule has 112 valence electrons. The minimum absolute atomic E-state index is 0.300. The van der Waals surface area contributed by atoms with Crippen LogP contribution >= 0.6 is 0 Å². The predicted octanol–water partition coefficient (Wildman–Crippen LogP) is 2.56. The summed E-state index contributed by atoms with van der Waals surface area (Å²) in [7, 11) is 0. The summed E-state index contributed by atoms with van der Waals surface area (Å²) in [6.45, 7) is 4.22. The molecule has 1 atom stereocenters. The number of nitrogens with zero attached hydrogens (tertiary/aromatic N) is 3. The Bertz CT molecular complexity index is 578. The summed E-state index contributed by atoms with van der Waals surface area (Å²) < 4.78 is 5.10. The zero-order valence-corrected chi connectivity index (χ0v) is 12.5. The molecule has 5 nitrogen and oxygen atoms in total. The summed E-state index contributed by atoms with van der Waals surface area (Å²) in [5.74, 6) is 1.24. The second kappa shape index (κ2) is 6.37. The molecule has 3 rings (SSSR count). The van der Waals surface area contributed by atoms with Crippen LogP contribution in [0.15, 0.2) is 28.8 Å². The van der Waals surface area contributed by atoms with Gasteiger partial charge in [-0.15, -0.1) is 0 Å². The van der Waals surface area contributed by atoms with Crippen LogP contribution in [0.25, 0.3) is 0 Å². The van der Waals surface area contributed by atoms with Gasteiger partial charge in [-0.2, -0.15) is 4.98 Å². The van der Waals surface area contributed by atoms with Gasteiger partial charge in [0.2, 0.25) is 5.89 Å². The van der Waals surface area contributed by atoms with Gasteiger partial charge in [0.1, 0.15) is 0 Å². The first-order valence-electron chi connectivity index (χ1n) is 7.58. The molecule has 0 spiro atoms. The molecule has 0 radical (unpaired) electrons. The Morgan fingerprint density at radius 2 is 2.10 bits per heavy atom. The highest BCUT2D eigenvalue weighted by atomic mass is 16.5. The van der Waals surface area contributed by atoms with Crippen LogP contribution in [0.2, 0.25) is 0 Å². The van der Waals surface area contributed by atoms with Gasteiger partial charge in [0, 0.05) is 6.04 Å². The van der Waals surface area contributed by atoms with Crippen molar-refractivity contribution < 1.29 is 4.52 Å². The van der Waals surface area contributed by atoms with Gasteiger partial charge >= 0.3 is 0 Å². The van der Waals surface area contributed by atoms with Crippen molar-refractivity contribution in [3.8, 4) is 0 Å². The largest absolute Gasteiger partial charge is 0.338 e. The molecule has 1 aliphatic rings. The van der Waals surface area contributed by atoms with Gasteiger partial charge in [-0.25, -0.2) is 0 Å². The van der Waals surface area contributed by atoms with E-state index in [-0.39, 0.29) is 0 Å². The lowest BCUT2D eigenvalue weighted by Crippen LogP contribution is -2.33. The number of aromatic nitrogens is 2. The van der Waals surface area contributed by atoms with Gasteiger partial charge in [-0.1, -0.05) is 41.4 Å². The van der Waals surface area contributed by atoms with E-state index in [0.29, 0.717) is 18.5 Å². The minimum atomic E-state index is 0.300. The molecule has 0 bridgehead atoms. The summed E-state index contributed by atoms with van der Waals surface area (Å²) in [6, 6.07) is 9.28. The van der Waals surface area contributed by atoms with Crippen LogP contribution in [-0.2, 0) is 13.1 Å². The molecule has 0 amide bonds. The molecule has 21 heavy (non-hydrogen) atoms. The maximum absolute atomic E-state index is 5.52. The highest BCUT2D eigenvalue weighted by molar-refractivity contribution is 5.24. The van der Waals surface area contributed by atoms with Crippen molar-refractivity contribution in [2.45, 2.75) is 45.3 Å². The van der Waals surface area contributed by atoms with Crippen LogP contribution in [0.4, 0.5) is 0 Å². The molecular formula is C16H22N4O. The monoisotopic (exact) mass is 286 g/mol. The third-order valence-corrected chi connectivity index (χ3v) is 4.11. The standard InChI is InChI=1S/C16H22N4O/c1-12-5-7-13(8-6-12)14-4-2-3-9-20(14)11-15-18-16(10-17)21-19-15/h5-8,14H,2-4,9-11,17H2,1H3. The average Bonchev–Trinajstić information content (AvgIpc) is 2.96. The molecule has 1 aliphatic heterocycles. The van der Waals surface area contributed by atoms with Crippen molar-refractivity contribution in [2.75, 3.05) is 6.54 Å². The molecule has 0 saturated carbocycles. The topological polar surface area (TPSA) is 68.2 Å². The Morgan fingerprint density at radius 3 is 2.81 bits per heavy atom. The fourth-order valence-electron chi connectivity index (χ4n) is 2.97. The van der Waals surface area contributed by atoms with Crippen molar-refractivity contribution in [1.29, 1.82) is 0 Å². The first-order chi connectivity index (χ1) is 10.3. The highest BCUT2D eigenvalue weighted by Crippen LogP contribution is 2.31. The third kappa shape index (κ3) is 3.31. The molecule has 1 aromatic carbocycles. The first-order valence-corrected chi connectivity index (χ1v) is 7.58. The summed E-state index contributed by atoms with van der Waals surface area (Å²) in [5, 5.41) is 4.02. The van der Waals surface area contributed by atoms with Crippen LogP contribution in [0, 0.1) is 6.92 Å². The number of piperidine rings is 1. The normalized spacial score (nSPS) is 19.8. The van der Waals surface area contributed by atoms with Gasteiger partial charge in [0.05, 0.1) is 13.1 Å². The Kier molecular flexibility index (Phi) is 4.31. The number of likely N-dealkylation sites (tertiary alicyclic amines) is 1. The maximum Gasteiger partial charge on any atom is 0.240 e. The molecule has 1 aromatic heterocycles. The number of nitrogens with two attached hydrogens (primary N) is 1. The van der Waals surface area contributed by atoms with E-state index in [1.165, 1.54) is 30.4 Å². The fourth-order valence-corrected chi connectivity index (χ4v) is 2.97. The van der Waals surface area contributed by atoms with E-state index in [2.05, 4.69) is 46.2 Å². The van der Waals surface area contributed by atoms with Gasteiger partial charge in [0.15, 0.2) is 5.82 Å². The zero-order valence-electron chi connectivity index (χ0n) is 12.5. The van der Waals surface area contributed by atoms with Crippen molar-refractivity contribution in [2.24, 2.45) is 5.73 Å². The molecule has 1 fully saturated rings. The minimum Gasteiger partial charge on any atom is -0.338 e. The van der Waals surface area contributed by atoms with Crippen LogP contribution in [0.3, 0.4) is 0 Å². The zero-order chi connectivity index (χ0) is 14.7. The van der Waals surface area contributed by atoms with Crippen LogP contribution in [-0.4, -0.2) is 21.6 Å². The lowest BCUT2D eigenvalue weighted by Gasteiger charge is -2.35. The molecule has 1 saturated heterocycles. The Morgan fingerprint density at radius 1 is 1.29 bits per heavy atom. The Labute approximate surface area is 125 Å². The van der Waals surface area contributed by atoms with Gasteiger partial charge < -0.3 is 10.3 Å². The quantitative estimate of drug-likeness (QED) is 0.935. The molecule has 2 aromatic rings. The van der Waals surface area contributed by atoms with Crippen molar-refractivity contribution in [3.63, 3.8) is 0 Å². The van der Waals surface area contributed by atoms with Gasteiger partial charge in [-0.05, 0) is 31.9 Å². The Balaban J connectivity index is 1.76. The summed E-state index contributed by atoms with van der Waals surface area (Å²) in [4.78, 5) is 6.76. The number of rotatable bonds is 4. The lowest BCUT2D eigenvalue weighted by molar-refractivity contribution is 0.135. The van der Waals surface area contributed by atoms with E-state index in [0.717, 1.165) is 18.9 Å². The lowest BCUT2D eigenvalue weighted by atomic mass is 9.94. The number of hydrogen-bond acceptors (Lipinski definition) is 5. The smallest absolute Gasteiger partial charge is 0.240 e. The van der Waals surface area contributed by atoms with Gasteiger partial charge in [-0.3, -0.25) is 4.90 Å². The molecule has 1 unspecified atom stereocenters. The van der Waals surface area contributed by atoms with Crippen molar-refractivity contribution >= 4 is 0 Å². The van der Waals surface area contributed by atoms with Crippen molar-refractivity contribution in [1.82, 2.24) is 15.0 Å². The fraction of sp³-hybridized carbons (Fsp3) is 0.500. The van der Waals surface area contributed by atoms with E-state index in [9.17, 15) is 0 Å². The van der Waals surface area contributed by atoms with E-state index < -0.39 is 0 Å². The van der Waals surface area contributed by atoms with Crippen LogP contribution in [0.1, 0.15) is 48.1 Å².